The van der Waals surface area contributed by atoms with Gasteiger partial charge >= 0.3 is 11.9 Å². The van der Waals surface area contributed by atoms with E-state index in [2.05, 4.69) is 4.98 Å². The molecule has 0 unspecified atom stereocenters. The lowest BCUT2D eigenvalue weighted by atomic mass is 10.2. The largest absolute Gasteiger partial charge is 0.438 e. The van der Waals surface area contributed by atoms with Gasteiger partial charge in [-0.1, -0.05) is 18.2 Å². The molecule has 0 aliphatic heterocycles. The predicted molar refractivity (Wildman–Crippen MR) is 66.8 cm³/mol. The highest BCUT2D eigenvalue weighted by atomic mass is 19.4. The number of halogens is 3. The summed E-state index contributed by atoms with van der Waals surface area (Å²) in [5.41, 5.74) is 2.99. The number of anilines is 1. The molecule has 2 aromatic rings. The molecule has 0 spiro atoms. The van der Waals surface area contributed by atoms with Crippen LogP contribution in [0.25, 0.3) is 0 Å². The quantitative estimate of drug-likeness (QED) is 0.693. The van der Waals surface area contributed by atoms with Gasteiger partial charge < -0.3 is 10.5 Å². The first kappa shape index (κ1) is 14.6. The lowest BCUT2D eigenvalue weighted by molar-refractivity contribution is -0.384. The van der Waals surface area contributed by atoms with Crippen molar-refractivity contribution >= 4 is 11.5 Å². The van der Waals surface area contributed by atoms with E-state index in [1.54, 1.807) is 18.2 Å². The normalized spacial score (nSPS) is 11.2. The Labute approximate surface area is 116 Å². The maximum Gasteiger partial charge on any atom is 0.421 e. The molecule has 21 heavy (non-hydrogen) atoms. The number of aromatic nitrogens is 1. The molecule has 9 heteroatoms. The van der Waals surface area contributed by atoms with E-state index in [4.69, 9.17) is 10.5 Å². The number of ether oxygens (including phenoxy) is 1. The molecule has 0 amide bonds. The number of pyridine rings is 1. The highest BCUT2D eigenvalue weighted by Crippen LogP contribution is 2.40. The van der Waals surface area contributed by atoms with Gasteiger partial charge in [0.25, 0.3) is 0 Å². The van der Waals surface area contributed by atoms with Crippen molar-refractivity contribution in [2.75, 3.05) is 5.73 Å². The molecular weight excluding hydrogens is 291 g/mol. The number of benzene rings is 1. The van der Waals surface area contributed by atoms with Crippen molar-refractivity contribution in [1.82, 2.24) is 4.98 Å². The molecule has 0 aliphatic carbocycles. The Kier molecular flexibility index (Phi) is 3.66. The first-order valence-electron chi connectivity index (χ1n) is 5.54. The monoisotopic (exact) mass is 299 g/mol. The summed E-state index contributed by atoms with van der Waals surface area (Å²) in [5.74, 6) is -1.39. The molecule has 0 bridgehead atoms. The molecule has 0 atom stereocenters. The second-order valence-electron chi connectivity index (χ2n) is 3.92. The molecule has 0 radical (unpaired) electrons. The average Bonchev–Trinajstić information content (AvgIpc) is 2.38. The van der Waals surface area contributed by atoms with E-state index in [1.807, 2.05) is 0 Å². The van der Waals surface area contributed by atoms with Gasteiger partial charge in [0.1, 0.15) is 11.3 Å². The molecule has 0 saturated carbocycles. The fourth-order valence-corrected chi connectivity index (χ4v) is 1.53. The number of nitrogens with two attached hydrogens (primary N) is 1. The lowest BCUT2D eigenvalue weighted by Crippen LogP contribution is -2.11. The molecular formula is C12H8F3N3O3. The second kappa shape index (κ2) is 5.27. The summed E-state index contributed by atoms with van der Waals surface area (Å²) in [4.78, 5) is 13.0. The van der Waals surface area contributed by atoms with E-state index in [-0.39, 0.29) is 5.75 Å². The van der Waals surface area contributed by atoms with Crippen LogP contribution in [0.1, 0.15) is 5.56 Å². The maximum atomic E-state index is 12.9. The predicted octanol–water partition coefficient (Wildman–Crippen LogP) is 3.38. The third-order valence-corrected chi connectivity index (χ3v) is 2.46. The zero-order chi connectivity index (χ0) is 15.6. The summed E-state index contributed by atoms with van der Waals surface area (Å²) >= 11 is 0. The minimum absolute atomic E-state index is 0.101. The number of hydrogen-bond donors (Lipinski definition) is 1. The van der Waals surface area contributed by atoms with E-state index in [0.29, 0.717) is 6.07 Å². The minimum Gasteiger partial charge on any atom is -0.438 e. The Morgan fingerprint density at radius 1 is 1.24 bits per heavy atom. The van der Waals surface area contributed by atoms with E-state index >= 15 is 0 Å². The van der Waals surface area contributed by atoms with Crippen LogP contribution in [0.15, 0.2) is 36.4 Å². The molecule has 1 heterocycles. The summed E-state index contributed by atoms with van der Waals surface area (Å²) in [6.07, 6.45) is -4.87. The van der Waals surface area contributed by atoms with Gasteiger partial charge in [0.05, 0.1) is 4.92 Å². The summed E-state index contributed by atoms with van der Waals surface area (Å²) < 4.78 is 43.8. The molecule has 1 aromatic carbocycles. The van der Waals surface area contributed by atoms with Gasteiger partial charge in [0.2, 0.25) is 11.7 Å². The van der Waals surface area contributed by atoms with Gasteiger partial charge in [-0.05, 0) is 12.1 Å². The van der Waals surface area contributed by atoms with Crippen molar-refractivity contribution in [2.24, 2.45) is 0 Å². The van der Waals surface area contributed by atoms with E-state index in [1.165, 1.54) is 12.1 Å². The molecule has 0 saturated heterocycles. The van der Waals surface area contributed by atoms with Crippen LogP contribution in [-0.4, -0.2) is 9.91 Å². The number of rotatable bonds is 3. The Hall–Kier alpha value is -2.84. The number of nitro groups is 1. The first-order chi connectivity index (χ1) is 9.79. The zero-order valence-electron chi connectivity index (χ0n) is 10.3. The van der Waals surface area contributed by atoms with Crippen molar-refractivity contribution in [3.05, 3.63) is 52.1 Å². The average molecular weight is 299 g/mol. The van der Waals surface area contributed by atoms with Crippen LogP contribution in [0, 0.1) is 10.1 Å². The highest BCUT2D eigenvalue weighted by Gasteiger charge is 2.38. The zero-order valence-corrected chi connectivity index (χ0v) is 10.3. The molecule has 2 N–H and O–H groups in total. The fourth-order valence-electron chi connectivity index (χ4n) is 1.53. The first-order valence-corrected chi connectivity index (χ1v) is 5.54. The van der Waals surface area contributed by atoms with Crippen LogP contribution in [0.5, 0.6) is 11.6 Å². The van der Waals surface area contributed by atoms with Gasteiger partial charge in [0, 0.05) is 6.07 Å². The Morgan fingerprint density at radius 2 is 1.86 bits per heavy atom. The molecule has 110 valence electrons. The van der Waals surface area contributed by atoms with Gasteiger partial charge in [-0.25, -0.2) is 0 Å². The van der Waals surface area contributed by atoms with Crippen LogP contribution in [-0.2, 0) is 6.18 Å². The van der Waals surface area contributed by atoms with Crippen LogP contribution in [0.3, 0.4) is 0 Å². The van der Waals surface area contributed by atoms with Crippen LogP contribution >= 0.6 is 0 Å². The number of para-hydroxylation sites is 1. The van der Waals surface area contributed by atoms with Gasteiger partial charge in [0.15, 0.2) is 0 Å². The highest BCUT2D eigenvalue weighted by molar-refractivity contribution is 5.57. The Bertz CT molecular complexity index is 675. The van der Waals surface area contributed by atoms with Crippen molar-refractivity contribution in [3.63, 3.8) is 0 Å². The number of hydrogen-bond acceptors (Lipinski definition) is 5. The topological polar surface area (TPSA) is 91.3 Å². The molecule has 0 aliphatic rings. The second-order valence-corrected chi connectivity index (χ2v) is 3.92. The minimum atomic E-state index is -4.87. The maximum absolute atomic E-state index is 12.9. The summed E-state index contributed by atoms with van der Waals surface area (Å²) in [6.45, 7) is 0. The Balaban J connectivity index is 2.54. The standard InChI is InChI=1S/C12H8F3N3O3/c13-12(14,15)8-6-9(18(19)20)10(16)17-11(8)21-7-4-2-1-3-5-7/h1-6H,(H2,16,17). The van der Waals surface area contributed by atoms with Crippen LogP contribution < -0.4 is 10.5 Å². The van der Waals surface area contributed by atoms with Gasteiger partial charge in [-0.15, -0.1) is 0 Å². The summed E-state index contributed by atoms with van der Waals surface area (Å²) in [7, 11) is 0. The molecule has 0 fully saturated rings. The Morgan fingerprint density at radius 3 is 2.38 bits per heavy atom. The van der Waals surface area contributed by atoms with Gasteiger partial charge in [-0.3, -0.25) is 10.1 Å². The van der Waals surface area contributed by atoms with Gasteiger partial charge in [-0.2, -0.15) is 18.2 Å². The van der Waals surface area contributed by atoms with Crippen molar-refractivity contribution in [3.8, 4) is 11.6 Å². The van der Waals surface area contributed by atoms with Crippen molar-refractivity contribution < 1.29 is 22.8 Å². The lowest BCUT2D eigenvalue weighted by Gasteiger charge is -2.13. The number of alkyl halides is 3. The SMILES string of the molecule is Nc1nc(Oc2ccccc2)c(C(F)(F)F)cc1[N+](=O)[O-]. The smallest absolute Gasteiger partial charge is 0.421 e. The number of nitrogens with zero attached hydrogens (tertiary/aromatic N) is 2. The van der Waals surface area contributed by atoms with E-state index in [0.717, 1.165) is 0 Å². The third kappa shape index (κ3) is 3.19. The van der Waals surface area contributed by atoms with Crippen molar-refractivity contribution in [2.45, 2.75) is 6.18 Å². The van der Waals surface area contributed by atoms with E-state index in [9.17, 15) is 23.3 Å². The fraction of sp³-hybridized carbons (Fsp3) is 0.0833. The summed E-state index contributed by atoms with van der Waals surface area (Å²) in [5, 5.41) is 10.6. The van der Waals surface area contributed by atoms with Crippen LogP contribution in [0.2, 0.25) is 0 Å². The van der Waals surface area contributed by atoms with Crippen molar-refractivity contribution in [1.29, 1.82) is 0 Å². The van der Waals surface area contributed by atoms with E-state index < -0.39 is 34.0 Å². The van der Waals surface area contributed by atoms with Crippen LogP contribution in [0.4, 0.5) is 24.7 Å². The third-order valence-electron chi connectivity index (χ3n) is 2.46. The number of nitrogen functional groups attached to an aromatic ring is 1. The molecule has 1 aromatic heterocycles. The summed E-state index contributed by atoms with van der Waals surface area (Å²) in [6, 6.07) is 7.89. The molecule has 2 rings (SSSR count). The molecule has 6 nitrogen and oxygen atoms in total.